The molecule has 1 aliphatic rings. The van der Waals surface area contributed by atoms with Crippen LogP contribution in [0.1, 0.15) is 43.7 Å². The Hall–Kier alpha value is -1.09. The molecule has 0 spiro atoms. The van der Waals surface area contributed by atoms with Gasteiger partial charge in [0.15, 0.2) is 0 Å². The highest BCUT2D eigenvalue weighted by Crippen LogP contribution is 2.57. The SMILES string of the molecule is CC[C@H]1[C@@H](CNC)c2cccc(OC)c2C1(F)CC. The van der Waals surface area contributed by atoms with Gasteiger partial charge in [-0.2, -0.15) is 0 Å². The second-order valence-corrected chi connectivity index (χ2v) is 5.32. The molecule has 1 unspecified atom stereocenters. The first-order valence-electron chi connectivity index (χ1n) is 7.14. The highest BCUT2D eigenvalue weighted by atomic mass is 19.1. The van der Waals surface area contributed by atoms with Crippen LogP contribution in [0.25, 0.3) is 0 Å². The smallest absolute Gasteiger partial charge is 0.143 e. The van der Waals surface area contributed by atoms with E-state index in [1.165, 1.54) is 0 Å². The number of rotatable bonds is 5. The van der Waals surface area contributed by atoms with Gasteiger partial charge in [0.25, 0.3) is 0 Å². The maximum absolute atomic E-state index is 15.6. The molecule has 1 N–H and O–H groups in total. The first-order valence-corrected chi connectivity index (χ1v) is 7.14. The number of alkyl halides is 1. The highest BCUT2D eigenvalue weighted by Gasteiger charge is 2.52. The van der Waals surface area contributed by atoms with Gasteiger partial charge < -0.3 is 10.1 Å². The van der Waals surface area contributed by atoms with Crippen LogP contribution >= 0.6 is 0 Å². The van der Waals surface area contributed by atoms with E-state index in [4.69, 9.17) is 4.74 Å². The normalized spacial score (nSPS) is 29.3. The van der Waals surface area contributed by atoms with Gasteiger partial charge in [-0.05, 0) is 31.5 Å². The average molecular weight is 265 g/mol. The maximum Gasteiger partial charge on any atom is 0.143 e. The third-order valence-electron chi connectivity index (χ3n) is 4.55. The van der Waals surface area contributed by atoms with Crippen molar-refractivity contribution in [3.05, 3.63) is 29.3 Å². The van der Waals surface area contributed by atoms with E-state index in [9.17, 15) is 0 Å². The number of nitrogens with one attached hydrogen (secondary N) is 1. The topological polar surface area (TPSA) is 21.3 Å². The molecule has 0 heterocycles. The molecule has 2 nitrogen and oxygen atoms in total. The molecule has 0 amide bonds. The van der Waals surface area contributed by atoms with E-state index in [1.807, 2.05) is 26.1 Å². The summed E-state index contributed by atoms with van der Waals surface area (Å²) in [6.07, 6.45) is 1.34. The van der Waals surface area contributed by atoms with Crippen LogP contribution in [0.15, 0.2) is 18.2 Å². The third kappa shape index (κ3) is 2.04. The fourth-order valence-electron chi connectivity index (χ4n) is 3.71. The van der Waals surface area contributed by atoms with Crippen LogP contribution in [-0.2, 0) is 5.67 Å². The Balaban J connectivity index is 2.61. The van der Waals surface area contributed by atoms with E-state index >= 15 is 4.39 Å². The Morgan fingerprint density at radius 3 is 2.63 bits per heavy atom. The number of fused-ring (bicyclic) bond motifs is 1. The van der Waals surface area contributed by atoms with Crippen molar-refractivity contribution >= 4 is 0 Å². The van der Waals surface area contributed by atoms with Gasteiger partial charge in [0.05, 0.1) is 7.11 Å². The Kier molecular flexibility index (Phi) is 4.14. The van der Waals surface area contributed by atoms with Gasteiger partial charge >= 0.3 is 0 Å². The fourth-order valence-corrected chi connectivity index (χ4v) is 3.71. The largest absolute Gasteiger partial charge is 0.496 e. The van der Waals surface area contributed by atoms with Gasteiger partial charge in [0.1, 0.15) is 11.4 Å². The van der Waals surface area contributed by atoms with Crippen molar-refractivity contribution < 1.29 is 9.13 Å². The first kappa shape index (κ1) is 14.3. The zero-order chi connectivity index (χ0) is 14.0. The lowest BCUT2D eigenvalue weighted by Gasteiger charge is -2.30. The van der Waals surface area contributed by atoms with Crippen LogP contribution in [0.2, 0.25) is 0 Å². The van der Waals surface area contributed by atoms with Crippen molar-refractivity contribution in [1.82, 2.24) is 5.32 Å². The zero-order valence-corrected chi connectivity index (χ0v) is 12.3. The lowest BCUT2D eigenvalue weighted by atomic mass is 9.81. The molecule has 0 fully saturated rings. The van der Waals surface area contributed by atoms with Gasteiger partial charge in [-0.3, -0.25) is 0 Å². The summed E-state index contributed by atoms with van der Waals surface area (Å²) < 4.78 is 21.0. The molecule has 0 saturated heterocycles. The van der Waals surface area contributed by atoms with E-state index < -0.39 is 5.67 Å². The summed E-state index contributed by atoms with van der Waals surface area (Å²) in [5.74, 6) is 0.945. The molecule has 0 bridgehead atoms. The minimum atomic E-state index is -1.27. The van der Waals surface area contributed by atoms with E-state index in [1.54, 1.807) is 7.11 Å². The van der Waals surface area contributed by atoms with Crippen LogP contribution in [-0.4, -0.2) is 20.7 Å². The summed E-state index contributed by atoms with van der Waals surface area (Å²) in [6.45, 7) is 4.82. The molecule has 0 saturated carbocycles. The van der Waals surface area contributed by atoms with Crippen molar-refractivity contribution in [2.24, 2.45) is 5.92 Å². The van der Waals surface area contributed by atoms with Crippen LogP contribution in [0, 0.1) is 5.92 Å². The van der Waals surface area contributed by atoms with Crippen LogP contribution < -0.4 is 10.1 Å². The Labute approximate surface area is 115 Å². The molecule has 1 aromatic carbocycles. The van der Waals surface area contributed by atoms with Crippen molar-refractivity contribution in [1.29, 1.82) is 0 Å². The molecule has 0 radical (unpaired) electrons. The quantitative estimate of drug-likeness (QED) is 0.878. The van der Waals surface area contributed by atoms with E-state index in [-0.39, 0.29) is 11.8 Å². The van der Waals surface area contributed by atoms with Crippen molar-refractivity contribution in [2.75, 3.05) is 20.7 Å². The van der Waals surface area contributed by atoms with Gasteiger partial charge in [0.2, 0.25) is 0 Å². The molecule has 0 aromatic heterocycles. The lowest BCUT2D eigenvalue weighted by Crippen LogP contribution is -2.30. The number of ether oxygens (including phenoxy) is 1. The molecule has 106 valence electrons. The number of hydrogen-bond acceptors (Lipinski definition) is 2. The Bertz CT molecular complexity index is 448. The number of benzene rings is 1. The summed E-state index contributed by atoms with van der Waals surface area (Å²) in [5.41, 5.74) is 0.634. The number of hydrogen-bond donors (Lipinski definition) is 1. The fraction of sp³-hybridized carbons (Fsp3) is 0.625. The van der Waals surface area contributed by atoms with Crippen molar-refractivity contribution in [3.8, 4) is 5.75 Å². The average Bonchev–Trinajstić information content (AvgIpc) is 2.69. The van der Waals surface area contributed by atoms with Crippen LogP contribution in [0.3, 0.4) is 0 Å². The first-order chi connectivity index (χ1) is 9.13. The van der Waals surface area contributed by atoms with E-state index in [0.717, 1.165) is 24.1 Å². The van der Waals surface area contributed by atoms with E-state index in [2.05, 4.69) is 18.3 Å². The highest BCUT2D eigenvalue weighted by molar-refractivity contribution is 5.51. The predicted octanol–water partition coefficient (Wildman–Crippen LogP) is 3.61. The molecular formula is C16H24FNO. The third-order valence-corrected chi connectivity index (χ3v) is 4.55. The summed E-state index contributed by atoms with van der Waals surface area (Å²) in [4.78, 5) is 0. The maximum atomic E-state index is 15.6. The summed E-state index contributed by atoms with van der Waals surface area (Å²) in [5, 5.41) is 3.21. The van der Waals surface area contributed by atoms with Crippen molar-refractivity contribution in [2.45, 2.75) is 38.3 Å². The molecule has 3 heteroatoms. The Morgan fingerprint density at radius 1 is 1.37 bits per heavy atom. The van der Waals surface area contributed by atoms with Crippen molar-refractivity contribution in [3.63, 3.8) is 0 Å². The van der Waals surface area contributed by atoms with Gasteiger partial charge in [-0.25, -0.2) is 4.39 Å². The van der Waals surface area contributed by atoms with Crippen LogP contribution in [0.5, 0.6) is 5.75 Å². The van der Waals surface area contributed by atoms with Crippen LogP contribution in [0.4, 0.5) is 4.39 Å². The summed E-state index contributed by atoms with van der Waals surface area (Å²) in [6, 6.07) is 5.89. The molecule has 1 aromatic rings. The lowest BCUT2D eigenvalue weighted by molar-refractivity contribution is 0.0712. The second kappa shape index (κ2) is 5.49. The van der Waals surface area contributed by atoms with E-state index in [0.29, 0.717) is 12.2 Å². The number of halogens is 1. The monoisotopic (exact) mass is 265 g/mol. The van der Waals surface area contributed by atoms with Gasteiger partial charge in [-0.15, -0.1) is 0 Å². The zero-order valence-electron chi connectivity index (χ0n) is 12.3. The minimum absolute atomic E-state index is 0.0243. The number of likely N-dealkylation sites (N-methyl/N-ethyl adjacent to an activating group) is 1. The Morgan fingerprint density at radius 2 is 2.11 bits per heavy atom. The molecule has 2 rings (SSSR count). The molecular weight excluding hydrogens is 241 g/mol. The molecule has 3 atom stereocenters. The predicted molar refractivity (Wildman–Crippen MR) is 76.5 cm³/mol. The molecule has 1 aliphatic carbocycles. The number of methoxy groups -OCH3 is 1. The summed E-state index contributed by atoms with van der Waals surface area (Å²) in [7, 11) is 3.55. The van der Waals surface area contributed by atoms with Gasteiger partial charge in [0, 0.05) is 23.9 Å². The van der Waals surface area contributed by atoms with Gasteiger partial charge in [-0.1, -0.05) is 26.0 Å². The molecule has 0 aliphatic heterocycles. The standard InChI is InChI=1S/C16H24FNO/c1-5-13-12(10-18-3)11-8-7-9-14(19-4)15(11)16(13,17)6-2/h7-9,12-13,18H,5-6,10H2,1-4H3/t12-,13-,16?/m0/s1. The minimum Gasteiger partial charge on any atom is -0.496 e. The second-order valence-electron chi connectivity index (χ2n) is 5.32. The summed E-state index contributed by atoms with van der Waals surface area (Å²) >= 11 is 0. The molecule has 19 heavy (non-hydrogen) atoms.